The minimum absolute atomic E-state index is 0.702. The number of aromatic nitrogens is 4. The fourth-order valence-electron chi connectivity index (χ4n) is 5.21. The summed E-state index contributed by atoms with van der Waals surface area (Å²) in [4.78, 5) is 5.85. The number of aromatic amines is 1. The van der Waals surface area contributed by atoms with Crippen LogP contribution in [-0.4, -0.2) is 49.4 Å². The molecule has 0 saturated carbocycles. The van der Waals surface area contributed by atoms with Gasteiger partial charge in [-0.1, -0.05) is 36.8 Å². The summed E-state index contributed by atoms with van der Waals surface area (Å²) in [5, 5.41) is 20.1. The van der Waals surface area contributed by atoms with Crippen LogP contribution in [0.5, 0.6) is 0 Å². The topological polar surface area (TPSA) is 70.0 Å². The van der Waals surface area contributed by atoms with Crippen molar-refractivity contribution in [2.24, 2.45) is 5.92 Å². The molecule has 1 aliphatic rings. The number of rotatable bonds is 8. The number of aryl methyl sites for hydroxylation is 1. The normalized spacial score (nSPS) is 17.4. The Morgan fingerprint density at radius 3 is 2.58 bits per heavy atom. The van der Waals surface area contributed by atoms with Crippen LogP contribution >= 0.6 is 0 Å². The van der Waals surface area contributed by atoms with Gasteiger partial charge in [-0.05, 0) is 80.9 Å². The molecule has 1 saturated heterocycles. The van der Waals surface area contributed by atoms with Crippen LogP contribution in [-0.2, 0) is 12.0 Å². The Morgan fingerprint density at radius 2 is 1.82 bits per heavy atom. The highest BCUT2D eigenvalue weighted by Gasteiger charge is 2.28. The van der Waals surface area contributed by atoms with E-state index in [4.69, 9.17) is 0 Å². The monoisotopic (exact) mass is 443 g/mol. The predicted molar refractivity (Wildman–Crippen MR) is 131 cm³/mol. The summed E-state index contributed by atoms with van der Waals surface area (Å²) in [6.45, 7) is 4.78. The maximum Gasteiger partial charge on any atom is 0.123 e. The van der Waals surface area contributed by atoms with Gasteiger partial charge in [0.15, 0.2) is 0 Å². The van der Waals surface area contributed by atoms with E-state index < -0.39 is 5.60 Å². The second-order valence-corrected chi connectivity index (χ2v) is 9.66. The van der Waals surface area contributed by atoms with Crippen molar-refractivity contribution in [2.45, 2.75) is 44.6 Å². The van der Waals surface area contributed by atoms with Crippen LogP contribution in [0.15, 0.2) is 67.4 Å². The van der Waals surface area contributed by atoms with E-state index in [2.05, 4.69) is 44.5 Å². The quantitative estimate of drug-likeness (QED) is 0.414. The van der Waals surface area contributed by atoms with Crippen molar-refractivity contribution in [3.63, 3.8) is 0 Å². The second kappa shape index (κ2) is 9.49. The van der Waals surface area contributed by atoms with Crippen molar-refractivity contribution in [1.82, 2.24) is 24.6 Å². The maximum absolute atomic E-state index is 11.0. The number of benzene rings is 2. The smallest absolute Gasteiger partial charge is 0.123 e. The Bertz CT molecular complexity index is 1160. The summed E-state index contributed by atoms with van der Waals surface area (Å²) in [6, 6.07) is 16.5. The van der Waals surface area contributed by atoms with Gasteiger partial charge in [0, 0.05) is 29.3 Å². The van der Waals surface area contributed by atoms with Gasteiger partial charge in [0.2, 0.25) is 0 Å². The highest BCUT2D eigenvalue weighted by Crippen LogP contribution is 2.28. The van der Waals surface area contributed by atoms with Gasteiger partial charge >= 0.3 is 0 Å². The van der Waals surface area contributed by atoms with Crippen LogP contribution in [0.2, 0.25) is 0 Å². The number of likely N-dealkylation sites (tertiary alicyclic amines) is 1. The standard InChI is InChI=1S/C27H33N5O/c1-27(33,23-8-3-2-4-9-23)18-31-14-12-21(13-15-31)6-5-7-22-17-28-26-11-10-24(16-25(22)26)32-19-29-30-20-32/h2-4,8-11,16-17,19-21,28,33H,5-7,12-15,18H2,1H3. The van der Waals surface area contributed by atoms with Crippen LogP contribution < -0.4 is 0 Å². The zero-order valence-electron chi connectivity index (χ0n) is 19.3. The van der Waals surface area contributed by atoms with Gasteiger partial charge in [-0.15, -0.1) is 10.2 Å². The van der Waals surface area contributed by atoms with Gasteiger partial charge in [0.05, 0.1) is 5.60 Å². The van der Waals surface area contributed by atoms with Gasteiger partial charge in [0.25, 0.3) is 0 Å². The van der Waals surface area contributed by atoms with Crippen molar-refractivity contribution in [1.29, 1.82) is 0 Å². The molecule has 3 heterocycles. The van der Waals surface area contributed by atoms with Crippen LogP contribution in [0.4, 0.5) is 0 Å². The number of piperidine rings is 1. The molecule has 33 heavy (non-hydrogen) atoms. The summed E-state index contributed by atoms with van der Waals surface area (Å²) in [6.07, 6.45) is 11.6. The van der Waals surface area contributed by atoms with Gasteiger partial charge in [0.1, 0.15) is 12.7 Å². The van der Waals surface area contributed by atoms with Crippen LogP contribution in [0.1, 0.15) is 43.7 Å². The molecule has 0 spiro atoms. The van der Waals surface area contributed by atoms with Crippen LogP contribution in [0, 0.1) is 5.92 Å². The molecule has 172 valence electrons. The van der Waals surface area contributed by atoms with E-state index in [1.807, 2.05) is 41.8 Å². The van der Waals surface area contributed by atoms with E-state index in [1.165, 1.54) is 42.1 Å². The number of β-amino-alcohol motifs (C(OH)–C–C–N with tert-alkyl or cyclic N) is 1. The third-order valence-electron chi connectivity index (χ3n) is 7.16. The molecule has 2 aromatic carbocycles. The molecular formula is C27H33N5O. The number of H-pyrrole nitrogens is 1. The highest BCUT2D eigenvalue weighted by atomic mass is 16.3. The summed E-state index contributed by atoms with van der Waals surface area (Å²) in [5.41, 5.74) is 3.86. The lowest BCUT2D eigenvalue weighted by Gasteiger charge is -2.37. The molecule has 0 bridgehead atoms. The molecule has 2 aromatic heterocycles. The van der Waals surface area contributed by atoms with Crippen LogP contribution in [0.3, 0.4) is 0 Å². The van der Waals surface area contributed by atoms with E-state index >= 15 is 0 Å². The second-order valence-electron chi connectivity index (χ2n) is 9.66. The Balaban J connectivity index is 1.12. The molecule has 1 aliphatic heterocycles. The fourth-order valence-corrected chi connectivity index (χ4v) is 5.21. The number of aliphatic hydroxyl groups is 1. The predicted octanol–water partition coefficient (Wildman–Crippen LogP) is 4.69. The average Bonchev–Trinajstić information content (AvgIpc) is 3.51. The van der Waals surface area contributed by atoms with Gasteiger partial charge < -0.3 is 15.0 Å². The van der Waals surface area contributed by atoms with Gasteiger partial charge in [-0.3, -0.25) is 4.57 Å². The lowest BCUT2D eigenvalue weighted by Crippen LogP contribution is -2.43. The number of hydrogen-bond acceptors (Lipinski definition) is 4. The number of hydrogen-bond donors (Lipinski definition) is 2. The molecule has 6 heteroatoms. The molecule has 0 aliphatic carbocycles. The van der Waals surface area contributed by atoms with Gasteiger partial charge in [-0.25, -0.2) is 0 Å². The molecule has 4 aromatic rings. The first-order valence-electron chi connectivity index (χ1n) is 12.0. The molecule has 2 N–H and O–H groups in total. The molecule has 0 radical (unpaired) electrons. The summed E-state index contributed by atoms with van der Waals surface area (Å²) in [5.74, 6) is 0.778. The zero-order chi connectivity index (χ0) is 22.7. The number of nitrogens with one attached hydrogen (secondary N) is 1. The summed E-state index contributed by atoms with van der Waals surface area (Å²) < 4.78 is 1.94. The zero-order valence-corrected chi connectivity index (χ0v) is 19.3. The minimum atomic E-state index is -0.797. The van der Waals surface area contributed by atoms with E-state index in [1.54, 1.807) is 12.7 Å². The van der Waals surface area contributed by atoms with Crippen molar-refractivity contribution in [3.8, 4) is 5.69 Å². The molecule has 0 amide bonds. The Morgan fingerprint density at radius 1 is 1.06 bits per heavy atom. The highest BCUT2D eigenvalue weighted by molar-refractivity contribution is 5.85. The third-order valence-corrected chi connectivity index (χ3v) is 7.16. The van der Waals surface area contributed by atoms with Crippen LogP contribution in [0.25, 0.3) is 16.6 Å². The SMILES string of the molecule is CC(O)(CN1CCC(CCCc2c[nH]c3ccc(-n4cnnc4)cc23)CC1)c1ccccc1. The lowest BCUT2D eigenvalue weighted by molar-refractivity contribution is 0.00525. The molecular weight excluding hydrogens is 410 g/mol. The Kier molecular flexibility index (Phi) is 6.29. The molecule has 1 unspecified atom stereocenters. The fraction of sp³-hybridized carbons (Fsp3) is 0.407. The van der Waals surface area contributed by atoms with E-state index in [0.717, 1.165) is 36.7 Å². The first kappa shape index (κ1) is 21.9. The summed E-state index contributed by atoms with van der Waals surface area (Å²) >= 11 is 0. The summed E-state index contributed by atoms with van der Waals surface area (Å²) in [7, 11) is 0. The Labute approximate surface area is 195 Å². The van der Waals surface area contributed by atoms with E-state index in [9.17, 15) is 5.11 Å². The Hall–Kier alpha value is -2.96. The molecule has 6 nitrogen and oxygen atoms in total. The average molecular weight is 444 g/mol. The van der Waals surface area contributed by atoms with E-state index in [-0.39, 0.29) is 0 Å². The van der Waals surface area contributed by atoms with E-state index in [0.29, 0.717) is 6.54 Å². The molecule has 1 atom stereocenters. The van der Waals surface area contributed by atoms with Crippen molar-refractivity contribution in [3.05, 3.63) is 78.5 Å². The first-order chi connectivity index (χ1) is 16.1. The molecule has 1 fully saturated rings. The van der Waals surface area contributed by atoms with Crippen molar-refractivity contribution >= 4 is 10.9 Å². The number of nitrogens with zero attached hydrogens (tertiary/aromatic N) is 4. The number of fused-ring (bicyclic) bond motifs is 1. The van der Waals surface area contributed by atoms with Crippen molar-refractivity contribution < 1.29 is 5.11 Å². The largest absolute Gasteiger partial charge is 0.384 e. The first-order valence-corrected chi connectivity index (χ1v) is 12.0. The third kappa shape index (κ3) is 5.02. The van der Waals surface area contributed by atoms with Crippen molar-refractivity contribution in [2.75, 3.05) is 19.6 Å². The minimum Gasteiger partial charge on any atom is -0.384 e. The maximum atomic E-state index is 11.0. The molecule has 5 rings (SSSR count). The van der Waals surface area contributed by atoms with Gasteiger partial charge in [-0.2, -0.15) is 0 Å². The lowest BCUT2D eigenvalue weighted by atomic mass is 9.89.